The third-order valence-corrected chi connectivity index (χ3v) is 4.24. The summed E-state index contributed by atoms with van der Waals surface area (Å²) in [7, 11) is 0. The van der Waals surface area contributed by atoms with E-state index in [1.807, 2.05) is 37.3 Å². The Hall–Kier alpha value is -1.22. The molecule has 4 heteroatoms. The van der Waals surface area contributed by atoms with Gasteiger partial charge in [-0.2, -0.15) is 0 Å². The van der Waals surface area contributed by atoms with Gasteiger partial charge in [0.05, 0.1) is 10.0 Å². The molecule has 0 bridgehead atoms. The zero-order chi connectivity index (χ0) is 14.3. The van der Waals surface area contributed by atoms with Crippen LogP contribution in [-0.2, 0) is 6.42 Å². The van der Waals surface area contributed by atoms with Crippen LogP contribution in [0.5, 0.6) is 5.75 Å². The predicted molar refractivity (Wildman–Crippen MR) is 83.7 cm³/mol. The fourth-order valence-electron chi connectivity index (χ4n) is 2.54. The van der Waals surface area contributed by atoms with E-state index in [0.717, 1.165) is 28.9 Å². The minimum atomic E-state index is -0.0167. The number of benzene rings is 2. The van der Waals surface area contributed by atoms with E-state index in [1.165, 1.54) is 0 Å². The number of nitrogens with two attached hydrogens (primary N) is 1. The van der Waals surface area contributed by atoms with Crippen molar-refractivity contribution in [3.8, 4) is 16.9 Å². The van der Waals surface area contributed by atoms with Crippen LogP contribution in [0.4, 0.5) is 0 Å². The Morgan fingerprint density at radius 2 is 1.80 bits per heavy atom. The van der Waals surface area contributed by atoms with Crippen molar-refractivity contribution in [3.05, 3.63) is 52.0 Å². The van der Waals surface area contributed by atoms with Gasteiger partial charge in [-0.05, 0) is 24.6 Å². The number of rotatable bonds is 2. The summed E-state index contributed by atoms with van der Waals surface area (Å²) in [5.74, 6) is 0.852. The molecule has 2 aromatic rings. The lowest BCUT2D eigenvalue weighted by atomic mass is 9.99. The van der Waals surface area contributed by atoms with Gasteiger partial charge in [-0.3, -0.25) is 0 Å². The van der Waals surface area contributed by atoms with Gasteiger partial charge in [0.1, 0.15) is 11.9 Å². The second-order valence-electron chi connectivity index (χ2n) is 5.11. The maximum absolute atomic E-state index is 6.30. The Kier molecular flexibility index (Phi) is 3.63. The highest BCUT2D eigenvalue weighted by Crippen LogP contribution is 2.44. The summed E-state index contributed by atoms with van der Waals surface area (Å²) in [4.78, 5) is 0. The van der Waals surface area contributed by atoms with Crippen molar-refractivity contribution in [1.29, 1.82) is 0 Å². The summed E-state index contributed by atoms with van der Waals surface area (Å²) in [6.45, 7) is 1.96. The Labute approximate surface area is 128 Å². The Morgan fingerprint density at radius 3 is 2.45 bits per heavy atom. The molecule has 104 valence electrons. The minimum absolute atomic E-state index is 0.00686. The summed E-state index contributed by atoms with van der Waals surface area (Å²) in [6, 6.07) is 11.5. The Bertz CT molecular complexity index is 635. The fraction of sp³-hybridized carbons (Fsp3) is 0.250. The molecule has 0 radical (unpaired) electrons. The molecule has 20 heavy (non-hydrogen) atoms. The van der Waals surface area contributed by atoms with E-state index < -0.39 is 0 Å². The molecule has 0 saturated carbocycles. The second-order valence-corrected chi connectivity index (χ2v) is 5.92. The quantitative estimate of drug-likeness (QED) is 0.897. The first-order chi connectivity index (χ1) is 9.58. The molecule has 1 heterocycles. The van der Waals surface area contributed by atoms with Crippen molar-refractivity contribution in [2.75, 3.05) is 0 Å². The number of para-hydroxylation sites is 1. The van der Waals surface area contributed by atoms with Crippen molar-refractivity contribution < 1.29 is 4.74 Å². The van der Waals surface area contributed by atoms with E-state index in [-0.39, 0.29) is 12.1 Å². The SMILES string of the molecule is CC(N)C1Cc2cccc(-c3c(Cl)cccc3Cl)c2O1. The van der Waals surface area contributed by atoms with Gasteiger partial charge >= 0.3 is 0 Å². The summed E-state index contributed by atoms with van der Waals surface area (Å²) in [5, 5.41) is 1.25. The molecule has 2 aromatic carbocycles. The lowest BCUT2D eigenvalue weighted by molar-refractivity contribution is 0.207. The number of hydrogen-bond donors (Lipinski definition) is 1. The van der Waals surface area contributed by atoms with E-state index in [0.29, 0.717) is 10.0 Å². The first-order valence-electron chi connectivity index (χ1n) is 6.56. The van der Waals surface area contributed by atoms with Gasteiger partial charge in [0.25, 0.3) is 0 Å². The third kappa shape index (κ3) is 2.28. The smallest absolute Gasteiger partial charge is 0.131 e. The van der Waals surface area contributed by atoms with Crippen molar-refractivity contribution in [2.24, 2.45) is 5.73 Å². The van der Waals surface area contributed by atoms with Crippen LogP contribution in [0.25, 0.3) is 11.1 Å². The van der Waals surface area contributed by atoms with Crippen molar-refractivity contribution in [1.82, 2.24) is 0 Å². The minimum Gasteiger partial charge on any atom is -0.488 e. The van der Waals surface area contributed by atoms with Crippen molar-refractivity contribution >= 4 is 23.2 Å². The zero-order valence-corrected chi connectivity index (χ0v) is 12.6. The molecule has 0 aromatic heterocycles. The average Bonchev–Trinajstić information content (AvgIpc) is 2.83. The molecule has 1 aliphatic rings. The summed E-state index contributed by atoms with van der Waals surface area (Å²) in [6.07, 6.45) is 0.829. The first kappa shape index (κ1) is 13.7. The monoisotopic (exact) mass is 307 g/mol. The maximum atomic E-state index is 6.30. The van der Waals surface area contributed by atoms with Crippen LogP contribution in [0.3, 0.4) is 0 Å². The normalized spacial score (nSPS) is 18.5. The highest BCUT2D eigenvalue weighted by molar-refractivity contribution is 6.39. The second kappa shape index (κ2) is 5.28. The van der Waals surface area contributed by atoms with Gasteiger partial charge in [-0.1, -0.05) is 47.5 Å². The van der Waals surface area contributed by atoms with Crippen molar-refractivity contribution in [3.63, 3.8) is 0 Å². The van der Waals surface area contributed by atoms with Crippen LogP contribution in [0.1, 0.15) is 12.5 Å². The standard InChI is InChI=1S/C16H15Cl2NO/c1-9(19)14-8-10-4-2-5-11(16(10)20-14)15-12(17)6-3-7-13(15)18/h2-7,9,14H,8,19H2,1H3. The van der Waals surface area contributed by atoms with Gasteiger partial charge in [0, 0.05) is 23.6 Å². The van der Waals surface area contributed by atoms with Gasteiger partial charge in [0.2, 0.25) is 0 Å². The van der Waals surface area contributed by atoms with Crippen LogP contribution < -0.4 is 10.5 Å². The molecular formula is C16H15Cl2NO. The van der Waals surface area contributed by atoms with Gasteiger partial charge < -0.3 is 10.5 Å². The van der Waals surface area contributed by atoms with E-state index >= 15 is 0 Å². The lowest BCUT2D eigenvalue weighted by Crippen LogP contribution is -2.34. The largest absolute Gasteiger partial charge is 0.488 e. The highest BCUT2D eigenvalue weighted by atomic mass is 35.5. The van der Waals surface area contributed by atoms with Crippen LogP contribution >= 0.6 is 23.2 Å². The van der Waals surface area contributed by atoms with Gasteiger partial charge in [-0.25, -0.2) is 0 Å². The maximum Gasteiger partial charge on any atom is 0.131 e. The third-order valence-electron chi connectivity index (χ3n) is 3.61. The molecule has 0 amide bonds. The molecule has 0 fully saturated rings. The van der Waals surface area contributed by atoms with Gasteiger partial charge in [-0.15, -0.1) is 0 Å². The molecule has 0 saturated heterocycles. The van der Waals surface area contributed by atoms with Crippen LogP contribution in [-0.4, -0.2) is 12.1 Å². The summed E-state index contributed by atoms with van der Waals surface area (Å²) in [5.41, 5.74) is 8.85. The Balaban J connectivity index is 2.13. The number of ether oxygens (including phenoxy) is 1. The molecule has 2 atom stereocenters. The van der Waals surface area contributed by atoms with E-state index in [1.54, 1.807) is 0 Å². The number of fused-ring (bicyclic) bond motifs is 1. The zero-order valence-electron chi connectivity index (χ0n) is 11.1. The van der Waals surface area contributed by atoms with Crippen LogP contribution in [0.2, 0.25) is 10.0 Å². The molecule has 2 N–H and O–H groups in total. The topological polar surface area (TPSA) is 35.2 Å². The molecule has 1 aliphatic heterocycles. The van der Waals surface area contributed by atoms with Gasteiger partial charge in [0.15, 0.2) is 0 Å². The van der Waals surface area contributed by atoms with Crippen LogP contribution in [0.15, 0.2) is 36.4 Å². The number of hydrogen-bond acceptors (Lipinski definition) is 2. The molecular weight excluding hydrogens is 293 g/mol. The van der Waals surface area contributed by atoms with E-state index in [9.17, 15) is 0 Å². The van der Waals surface area contributed by atoms with Crippen molar-refractivity contribution in [2.45, 2.75) is 25.5 Å². The molecule has 0 aliphatic carbocycles. The van der Waals surface area contributed by atoms with E-state index in [4.69, 9.17) is 33.7 Å². The summed E-state index contributed by atoms with van der Waals surface area (Å²) < 4.78 is 6.02. The van der Waals surface area contributed by atoms with E-state index in [2.05, 4.69) is 6.07 Å². The molecule has 2 nitrogen and oxygen atoms in total. The molecule has 2 unspecified atom stereocenters. The first-order valence-corrected chi connectivity index (χ1v) is 7.32. The fourth-order valence-corrected chi connectivity index (χ4v) is 3.14. The Morgan fingerprint density at radius 1 is 1.15 bits per heavy atom. The molecule has 0 spiro atoms. The lowest BCUT2D eigenvalue weighted by Gasteiger charge is -2.16. The predicted octanol–water partition coefficient (Wildman–Crippen LogP) is 4.31. The molecule has 3 rings (SSSR count). The summed E-state index contributed by atoms with van der Waals surface area (Å²) >= 11 is 12.6. The van der Waals surface area contributed by atoms with Crippen LogP contribution in [0, 0.1) is 0 Å². The average molecular weight is 308 g/mol. The highest BCUT2D eigenvalue weighted by Gasteiger charge is 2.29. The number of halogens is 2.